The smallest absolute Gasteiger partial charge is 0.266 e. The van der Waals surface area contributed by atoms with Crippen molar-refractivity contribution in [2.45, 2.75) is 25.4 Å². The monoisotopic (exact) mass is 569 g/mol. The van der Waals surface area contributed by atoms with Crippen LogP contribution in [0.4, 0.5) is 5.69 Å². The summed E-state index contributed by atoms with van der Waals surface area (Å²) in [5, 5.41) is 11.9. The van der Waals surface area contributed by atoms with Gasteiger partial charge < -0.3 is 10.1 Å². The molecule has 3 aromatic carbocycles. The van der Waals surface area contributed by atoms with Crippen molar-refractivity contribution in [2.24, 2.45) is 0 Å². The molecule has 1 aliphatic rings. The molecule has 1 aromatic heterocycles. The number of fused-ring (bicyclic) bond motifs is 1. The SMILES string of the molecule is CCOc1ccc(-n2c(CCNC(C)=O)nnc2SCC(=O)c2cccc(N3C(=O)c4ccccc4C3=O)c2)cc1. The fraction of sp³-hybridized carbons (Fsp3) is 0.200. The normalized spacial score (nSPS) is 12.4. The number of nitrogens with zero attached hydrogens (tertiary/aromatic N) is 4. The van der Waals surface area contributed by atoms with Gasteiger partial charge in [0.1, 0.15) is 11.6 Å². The molecule has 0 unspecified atom stereocenters. The number of ether oxygens (including phenoxy) is 1. The first-order chi connectivity index (χ1) is 19.9. The first kappa shape index (κ1) is 27.8. The lowest BCUT2D eigenvalue weighted by Gasteiger charge is -2.15. The van der Waals surface area contributed by atoms with Gasteiger partial charge in [-0.05, 0) is 55.5 Å². The van der Waals surface area contributed by atoms with Gasteiger partial charge in [-0.2, -0.15) is 0 Å². The Kier molecular flexibility index (Phi) is 8.25. The van der Waals surface area contributed by atoms with E-state index in [1.165, 1.54) is 18.7 Å². The Balaban J connectivity index is 1.35. The third-order valence-corrected chi connectivity index (χ3v) is 7.31. The molecule has 0 radical (unpaired) electrons. The number of hydrogen-bond donors (Lipinski definition) is 1. The summed E-state index contributed by atoms with van der Waals surface area (Å²) >= 11 is 1.22. The lowest BCUT2D eigenvalue weighted by atomic mass is 10.1. The minimum atomic E-state index is -0.417. The molecule has 0 atom stereocenters. The molecule has 2 heterocycles. The van der Waals surface area contributed by atoms with Crippen LogP contribution in [0.2, 0.25) is 0 Å². The first-order valence-corrected chi connectivity index (χ1v) is 14.0. The van der Waals surface area contributed by atoms with Gasteiger partial charge in [0.15, 0.2) is 10.9 Å². The zero-order valence-electron chi connectivity index (χ0n) is 22.5. The summed E-state index contributed by atoms with van der Waals surface area (Å²) in [5.74, 6) is 0.235. The summed E-state index contributed by atoms with van der Waals surface area (Å²) in [6, 6.07) is 20.6. The summed E-state index contributed by atoms with van der Waals surface area (Å²) in [6.45, 7) is 4.30. The molecule has 5 rings (SSSR count). The van der Waals surface area contributed by atoms with Crippen molar-refractivity contribution in [1.29, 1.82) is 0 Å². The standard InChI is InChI=1S/C30H27N5O5S/c1-3-40-23-13-11-21(12-14-23)34-27(15-16-31-19(2)36)32-33-30(34)41-18-26(37)20-7-6-8-22(17-20)35-28(38)24-9-4-5-10-25(24)29(35)39/h4-14,17H,3,15-16,18H2,1-2H3,(H,31,36). The summed E-state index contributed by atoms with van der Waals surface area (Å²) in [5.41, 5.74) is 2.17. The fourth-order valence-corrected chi connectivity index (χ4v) is 5.34. The molecule has 41 heavy (non-hydrogen) atoms. The highest BCUT2D eigenvalue weighted by Gasteiger charge is 2.36. The molecular formula is C30H27N5O5S. The predicted octanol–water partition coefficient (Wildman–Crippen LogP) is 4.12. The Morgan fingerprint density at radius 3 is 2.27 bits per heavy atom. The zero-order chi connectivity index (χ0) is 28.9. The maximum absolute atomic E-state index is 13.3. The molecule has 0 bridgehead atoms. The number of benzene rings is 3. The summed E-state index contributed by atoms with van der Waals surface area (Å²) in [4.78, 5) is 51.5. The molecule has 1 N–H and O–H groups in total. The van der Waals surface area contributed by atoms with Crippen LogP contribution in [-0.4, -0.2) is 57.2 Å². The van der Waals surface area contributed by atoms with Crippen LogP contribution in [0.5, 0.6) is 5.75 Å². The van der Waals surface area contributed by atoms with E-state index in [-0.39, 0.29) is 17.4 Å². The number of rotatable bonds is 11. The number of thioether (sulfide) groups is 1. The maximum atomic E-state index is 13.3. The Hall–Kier alpha value is -4.77. The number of anilines is 1. The molecule has 4 aromatic rings. The molecule has 10 nitrogen and oxygen atoms in total. The lowest BCUT2D eigenvalue weighted by Crippen LogP contribution is -2.29. The zero-order valence-corrected chi connectivity index (χ0v) is 23.3. The van der Waals surface area contributed by atoms with Crippen LogP contribution in [0.15, 0.2) is 78.0 Å². The van der Waals surface area contributed by atoms with Gasteiger partial charge in [-0.3, -0.25) is 23.7 Å². The van der Waals surface area contributed by atoms with Crippen LogP contribution in [0.3, 0.4) is 0 Å². The van der Waals surface area contributed by atoms with E-state index in [0.717, 1.165) is 16.3 Å². The highest BCUT2D eigenvalue weighted by atomic mass is 32.2. The lowest BCUT2D eigenvalue weighted by molar-refractivity contribution is -0.118. The molecular weight excluding hydrogens is 542 g/mol. The first-order valence-electron chi connectivity index (χ1n) is 13.0. The van der Waals surface area contributed by atoms with Crippen molar-refractivity contribution >= 4 is 41.0 Å². The van der Waals surface area contributed by atoms with Gasteiger partial charge in [-0.1, -0.05) is 36.0 Å². The molecule has 0 saturated carbocycles. The molecule has 0 spiro atoms. The fourth-order valence-electron chi connectivity index (χ4n) is 4.48. The second kappa shape index (κ2) is 12.2. The van der Waals surface area contributed by atoms with Crippen molar-refractivity contribution in [1.82, 2.24) is 20.1 Å². The average Bonchev–Trinajstić information content (AvgIpc) is 3.50. The number of amides is 3. The molecule has 0 aliphatic carbocycles. The third kappa shape index (κ3) is 5.90. The molecule has 0 saturated heterocycles. The summed E-state index contributed by atoms with van der Waals surface area (Å²) in [7, 11) is 0. The molecule has 0 fully saturated rings. The Labute approximate surface area is 240 Å². The van der Waals surface area contributed by atoms with E-state index in [1.807, 2.05) is 35.8 Å². The van der Waals surface area contributed by atoms with E-state index < -0.39 is 11.8 Å². The number of carbonyl (C=O) groups excluding carboxylic acids is 4. The van der Waals surface area contributed by atoms with Gasteiger partial charge in [0.25, 0.3) is 11.8 Å². The summed E-state index contributed by atoms with van der Waals surface area (Å²) < 4.78 is 7.40. The Bertz CT molecular complexity index is 1600. The summed E-state index contributed by atoms with van der Waals surface area (Å²) in [6.07, 6.45) is 0.441. The van der Waals surface area contributed by atoms with Crippen LogP contribution in [0, 0.1) is 0 Å². The van der Waals surface area contributed by atoms with Crippen LogP contribution >= 0.6 is 11.8 Å². The van der Waals surface area contributed by atoms with Gasteiger partial charge in [0.05, 0.1) is 29.2 Å². The Morgan fingerprint density at radius 1 is 0.902 bits per heavy atom. The quantitative estimate of drug-likeness (QED) is 0.163. The van der Waals surface area contributed by atoms with E-state index in [2.05, 4.69) is 15.5 Å². The minimum absolute atomic E-state index is 0.0480. The number of imide groups is 1. The second-order valence-electron chi connectivity index (χ2n) is 9.15. The molecule has 1 aliphatic heterocycles. The molecule has 11 heteroatoms. The largest absolute Gasteiger partial charge is 0.494 e. The van der Waals surface area contributed by atoms with Crippen LogP contribution < -0.4 is 15.0 Å². The second-order valence-corrected chi connectivity index (χ2v) is 10.1. The highest BCUT2D eigenvalue weighted by Crippen LogP contribution is 2.30. The number of carbonyl (C=O) groups is 4. The number of Topliss-reactive ketones (excluding diaryl/α,β-unsaturated/α-hetero) is 1. The van der Waals surface area contributed by atoms with Crippen molar-refractivity contribution in [2.75, 3.05) is 23.8 Å². The van der Waals surface area contributed by atoms with Gasteiger partial charge in [0, 0.05) is 31.1 Å². The van der Waals surface area contributed by atoms with E-state index in [9.17, 15) is 19.2 Å². The van der Waals surface area contributed by atoms with E-state index in [1.54, 1.807) is 48.5 Å². The number of hydrogen-bond acceptors (Lipinski definition) is 8. The van der Waals surface area contributed by atoms with Gasteiger partial charge in [-0.25, -0.2) is 4.90 Å². The number of nitrogens with one attached hydrogen (secondary N) is 1. The topological polar surface area (TPSA) is 123 Å². The Morgan fingerprint density at radius 2 is 1.61 bits per heavy atom. The van der Waals surface area contributed by atoms with Gasteiger partial charge >= 0.3 is 0 Å². The van der Waals surface area contributed by atoms with Crippen molar-refractivity contribution < 1.29 is 23.9 Å². The third-order valence-electron chi connectivity index (χ3n) is 6.38. The van der Waals surface area contributed by atoms with E-state index in [0.29, 0.717) is 52.9 Å². The van der Waals surface area contributed by atoms with Crippen LogP contribution in [0.25, 0.3) is 5.69 Å². The maximum Gasteiger partial charge on any atom is 0.266 e. The van der Waals surface area contributed by atoms with Crippen LogP contribution in [-0.2, 0) is 11.2 Å². The number of aromatic nitrogens is 3. The molecule has 3 amide bonds. The average molecular weight is 570 g/mol. The number of ketones is 1. The van der Waals surface area contributed by atoms with Crippen molar-refractivity contribution in [3.05, 3.63) is 95.3 Å². The van der Waals surface area contributed by atoms with Crippen molar-refractivity contribution in [3.63, 3.8) is 0 Å². The van der Waals surface area contributed by atoms with E-state index in [4.69, 9.17) is 4.74 Å². The van der Waals surface area contributed by atoms with Crippen LogP contribution in [0.1, 0.15) is 50.7 Å². The van der Waals surface area contributed by atoms with E-state index >= 15 is 0 Å². The van der Waals surface area contributed by atoms with Gasteiger partial charge in [-0.15, -0.1) is 10.2 Å². The minimum Gasteiger partial charge on any atom is -0.494 e. The highest BCUT2D eigenvalue weighted by molar-refractivity contribution is 7.99. The molecule has 208 valence electrons. The van der Waals surface area contributed by atoms with Crippen molar-refractivity contribution in [3.8, 4) is 11.4 Å². The van der Waals surface area contributed by atoms with Gasteiger partial charge in [0.2, 0.25) is 5.91 Å². The predicted molar refractivity (Wildman–Crippen MR) is 154 cm³/mol.